The van der Waals surface area contributed by atoms with Crippen molar-refractivity contribution in [2.45, 2.75) is 94.9 Å². The molecule has 4 radical (unpaired) electrons. The minimum Gasteiger partial charge on any atom is -0.333 e. The van der Waals surface area contributed by atoms with Gasteiger partial charge in [-0.15, -0.1) is 119 Å². The van der Waals surface area contributed by atoms with E-state index < -0.39 is 0 Å². The summed E-state index contributed by atoms with van der Waals surface area (Å²) in [6.45, 7) is 26.6. The Labute approximate surface area is 836 Å². The second-order valence-electron chi connectivity index (χ2n) is 35.2. The van der Waals surface area contributed by atoms with Crippen molar-refractivity contribution in [1.82, 2.24) is 37.5 Å². The first kappa shape index (κ1) is 92.8. The molecule has 0 aliphatic heterocycles. The molecule has 664 valence electrons. The molecule has 24 aromatic rings. The molecule has 0 saturated carbocycles. The van der Waals surface area contributed by atoms with Crippen LogP contribution in [0, 0.1) is 79.7 Å². The SMILES string of the molecule is Cc1cc2c3ccc[c-]c3c3ncc(-c4c(-c5ccccc5)cccc4-c4ccccc4)n3c2cc1C.Cc1cc2c3ccc[c-]c3c3ncc(-c4c(C(C)C)cccc4C(C)C)n3c2cc1C.Cc1cc2c3ccc[c-]c3c3ncc(-c4c(C)cccc4C)n3c2cc1C.[Ir].[Ir].[Ir].[Ir].[c-]1cccc2c1c1ncc(-c3c(-c4ccccc4)cccc3-c3ccccc3)n1c1ccccc21. The van der Waals surface area contributed by atoms with Crippen molar-refractivity contribution in [2.24, 2.45) is 0 Å². The van der Waals surface area contributed by atoms with Crippen LogP contribution >= 0.6 is 0 Å². The third-order valence-corrected chi connectivity index (χ3v) is 26.6. The number of hydrogen-bond acceptors (Lipinski definition) is 4. The fourth-order valence-electron chi connectivity index (χ4n) is 19.8. The van der Waals surface area contributed by atoms with Crippen molar-refractivity contribution < 1.29 is 80.4 Å². The molecule has 0 spiro atoms. The molecular formula is C122H96Ir4N8-4. The summed E-state index contributed by atoms with van der Waals surface area (Å²) in [5.41, 5.74) is 40.6. The number of fused-ring (bicyclic) bond motifs is 24. The minimum absolute atomic E-state index is 0. The summed E-state index contributed by atoms with van der Waals surface area (Å²) in [4.78, 5) is 19.8. The average Bonchev–Trinajstić information content (AvgIpc) is 1.49. The van der Waals surface area contributed by atoms with Gasteiger partial charge in [0.05, 0.1) is 45.4 Å². The Bertz CT molecular complexity index is 8420. The van der Waals surface area contributed by atoms with Crippen LogP contribution in [0.25, 0.3) is 199 Å². The van der Waals surface area contributed by atoms with Crippen LogP contribution in [0.15, 0.2) is 352 Å². The molecule has 0 unspecified atom stereocenters. The van der Waals surface area contributed by atoms with Crippen molar-refractivity contribution in [1.29, 1.82) is 0 Å². The van der Waals surface area contributed by atoms with Crippen LogP contribution in [0.5, 0.6) is 0 Å². The van der Waals surface area contributed by atoms with Crippen molar-refractivity contribution in [3.05, 3.63) is 432 Å². The van der Waals surface area contributed by atoms with E-state index in [0.29, 0.717) is 11.8 Å². The van der Waals surface area contributed by atoms with Gasteiger partial charge in [0.1, 0.15) is 0 Å². The number of hydrogen-bond donors (Lipinski definition) is 0. The van der Waals surface area contributed by atoms with Gasteiger partial charge in [0, 0.05) is 150 Å². The molecule has 0 bridgehead atoms. The normalized spacial score (nSPS) is 11.3. The number of pyridine rings is 4. The number of rotatable bonds is 10. The van der Waals surface area contributed by atoms with E-state index in [1.54, 1.807) is 0 Å². The molecule has 0 saturated heterocycles. The molecule has 0 aliphatic carbocycles. The second kappa shape index (κ2) is 38.9. The van der Waals surface area contributed by atoms with E-state index in [2.05, 4.69) is 428 Å². The first-order valence-corrected chi connectivity index (χ1v) is 45.0. The van der Waals surface area contributed by atoms with E-state index in [1.807, 2.05) is 48.9 Å². The van der Waals surface area contributed by atoms with Crippen LogP contribution < -0.4 is 0 Å². The number of benzene rings is 16. The minimum atomic E-state index is 0. The molecule has 0 aliphatic rings. The largest absolute Gasteiger partial charge is 0.333 e. The first-order valence-electron chi connectivity index (χ1n) is 45.0. The molecule has 0 amide bonds. The van der Waals surface area contributed by atoms with Crippen LogP contribution in [0.1, 0.15) is 95.2 Å². The summed E-state index contributed by atoms with van der Waals surface area (Å²) in [7, 11) is 0. The summed E-state index contributed by atoms with van der Waals surface area (Å²) < 4.78 is 9.33. The van der Waals surface area contributed by atoms with Gasteiger partial charge in [-0.2, -0.15) is 0 Å². The van der Waals surface area contributed by atoms with E-state index in [1.165, 1.54) is 188 Å². The van der Waals surface area contributed by atoms with Crippen LogP contribution in [0.3, 0.4) is 0 Å². The van der Waals surface area contributed by atoms with Gasteiger partial charge in [0.15, 0.2) is 0 Å². The van der Waals surface area contributed by atoms with E-state index >= 15 is 0 Å². The Kier molecular flexibility index (Phi) is 26.9. The molecule has 8 aromatic heterocycles. The van der Waals surface area contributed by atoms with Gasteiger partial charge in [-0.3, -0.25) is 19.9 Å². The van der Waals surface area contributed by atoms with E-state index in [-0.39, 0.29) is 80.4 Å². The van der Waals surface area contributed by atoms with E-state index in [0.717, 1.165) is 66.7 Å². The number of nitrogens with zero attached hydrogens (tertiary/aromatic N) is 8. The molecule has 8 nitrogen and oxygen atoms in total. The Morgan fingerprint density at radius 2 is 0.470 bits per heavy atom. The van der Waals surface area contributed by atoms with Crippen LogP contribution in [0.2, 0.25) is 0 Å². The predicted octanol–water partition coefficient (Wildman–Crippen LogP) is 31.8. The monoisotopic (exact) mass is 2440 g/mol. The maximum absolute atomic E-state index is 5.03. The van der Waals surface area contributed by atoms with Crippen molar-refractivity contribution in [3.8, 4) is 89.5 Å². The molecule has 0 N–H and O–H groups in total. The second-order valence-corrected chi connectivity index (χ2v) is 35.2. The van der Waals surface area contributed by atoms with Gasteiger partial charge in [0.25, 0.3) is 0 Å². The number of para-hydroxylation sites is 1. The van der Waals surface area contributed by atoms with Gasteiger partial charge < -0.3 is 17.6 Å². The molecule has 16 aromatic carbocycles. The van der Waals surface area contributed by atoms with Crippen molar-refractivity contribution >= 4 is 109 Å². The Morgan fingerprint density at radius 1 is 0.216 bits per heavy atom. The first-order chi connectivity index (χ1) is 63.5. The van der Waals surface area contributed by atoms with Crippen molar-refractivity contribution in [2.75, 3.05) is 0 Å². The van der Waals surface area contributed by atoms with E-state index in [9.17, 15) is 0 Å². The quantitative estimate of drug-likeness (QED) is 0.101. The summed E-state index contributed by atoms with van der Waals surface area (Å²) in [5.74, 6) is 0.864. The molecule has 0 fully saturated rings. The van der Waals surface area contributed by atoms with Gasteiger partial charge in [-0.05, 0) is 213 Å². The smallest absolute Gasteiger partial charge is 0.0646 e. The topological polar surface area (TPSA) is 69.2 Å². The van der Waals surface area contributed by atoms with E-state index in [4.69, 9.17) is 19.9 Å². The van der Waals surface area contributed by atoms with Gasteiger partial charge in [0.2, 0.25) is 0 Å². The predicted molar refractivity (Wildman–Crippen MR) is 546 cm³/mol. The Balaban J connectivity index is 0.000000124. The molecule has 134 heavy (non-hydrogen) atoms. The summed E-state index contributed by atoms with van der Waals surface area (Å²) >= 11 is 0. The molecule has 8 heterocycles. The van der Waals surface area contributed by atoms with Gasteiger partial charge >= 0.3 is 0 Å². The zero-order chi connectivity index (χ0) is 88.7. The number of aromatic nitrogens is 8. The summed E-state index contributed by atoms with van der Waals surface area (Å²) in [5, 5.41) is 14.0. The third-order valence-electron chi connectivity index (χ3n) is 26.6. The molecule has 24 rings (SSSR count). The number of imidazole rings is 4. The molecule has 0 atom stereocenters. The fourth-order valence-corrected chi connectivity index (χ4v) is 19.8. The molecular weight excluding hydrogens is 2350 g/mol. The maximum Gasteiger partial charge on any atom is 0.0646 e. The fraction of sp³-hybridized carbons (Fsp3) is 0.115. The van der Waals surface area contributed by atoms with Gasteiger partial charge in [-0.1, -0.05) is 280 Å². The Morgan fingerprint density at radius 3 is 0.791 bits per heavy atom. The number of aryl methyl sites for hydroxylation is 8. The van der Waals surface area contributed by atoms with Crippen LogP contribution in [-0.2, 0) is 80.4 Å². The summed E-state index contributed by atoms with van der Waals surface area (Å²) in [6.07, 6.45) is 8.14. The van der Waals surface area contributed by atoms with Crippen molar-refractivity contribution in [3.63, 3.8) is 0 Å². The molecule has 12 heteroatoms. The standard InChI is InChI=1S/C35H25N2.C33H21N2.C29H29N2.C25H21N2.4Ir/c1-23-20-31-29-16-9-10-17-30(29)35-36-22-33(37(35)32(31)21-24(23)2)34-27(25-12-5-3-6-13-25)18-11-19-28(34)26-14-7-4-8-15-26;1-3-12-23(13-4-1)25-19-11-20-26(24-14-5-2-6-15-24)32(25)31-22-34-33-29-18-8-7-16-27(29)28-17-9-10-21-30(28)35(31)33;1-17(2)21-12-9-13-22(18(3)4)28(21)27-16-30-29-24-11-8-7-10-23(24)25-14-19(5)20(6)15-26(25)31(27)29;1-15-8-7-9-16(2)24(15)23-14-26-25-20-11-6-5-10-19(20)21-12-17(3)18(4)13-22(21)27(23)25;;;;/h3-16,18-22H,1-2H3;1-17,19-22H;7-10,12-18H,1-6H3;5-10,12-14H,1-4H3;;;;/q4*-1;;;;. The summed E-state index contributed by atoms with van der Waals surface area (Å²) in [6, 6.07) is 130. The van der Waals surface area contributed by atoms with Crippen LogP contribution in [-0.4, -0.2) is 37.5 Å². The van der Waals surface area contributed by atoms with Crippen LogP contribution in [0.4, 0.5) is 0 Å². The average molecular weight is 2440 g/mol. The van der Waals surface area contributed by atoms with Gasteiger partial charge in [-0.25, -0.2) is 0 Å². The third kappa shape index (κ3) is 16.4. The zero-order valence-electron chi connectivity index (χ0n) is 76.6. The zero-order valence-corrected chi connectivity index (χ0v) is 86.1. The maximum atomic E-state index is 5.03. The Hall–Kier alpha value is -13.0.